The highest BCUT2D eigenvalue weighted by Crippen LogP contribution is 2.33. The van der Waals surface area contributed by atoms with E-state index in [1.54, 1.807) is 17.9 Å². The minimum absolute atomic E-state index is 0.0483. The fourth-order valence-corrected chi connectivity index (χ4v) is 6.16. The molecule has 1 atom stereocenters. The van der Waals surface area contributed by atoms with E-state index in [1.807, 2.05) is 24.4 Å². The van der Waals surface area contributed by atoms with Crippen molar-refractivity contribution in [1.82, 2.24) is 20.1 Å². The van der Waals surface area contributed by atoms with Gasteiger partial charge in [0.05, 0.1) is 44.8 Å². The van der Waals surface area contributed by atoms with Gasteiger partial charge in [-0.3, -0.25) is 4.79 Å². The Morgan fingerprint density at radius 1 is 1.43 bits per heavy atom. The largest absolute Gasteiger partial charge is 0.385 e. The van der Waals surface area contributed by atoms with Crippen molar-refractivity contribution < 1.29 is 17.9 Å². The maximum absolute atomic E-state index is 13.0. The lowest BCUT2D eigenvalue weighted by Crippen LogP contribution is -2.25. The van der Waals surface area contributed by atoms with Crippen LogP contribution in [0.2, 0.25) is 0 Å². The van der Waals surface area contributed by atoms with Gasteiger partial charge in [0.2, 0.25) is 0 Å². The zero-order chi connectivity index (χ0) is 21.3. The molecule has 10 heteroatoms. The molecule has 0 aromatic carbocycles. The van der Waals surface area contributed by atoms with Gasteiger partial charge < -0.3 is 10.1 Å². The molecule has 4 heterocycles. The average molecular weight is 449 g/mol. The Bertz CT molecular complexity index is 1170. The average Bonchev–Trinajstić information content (AvgIpc) is 3.44. The van der Waals surface area contributed by atoms with Crippen molar-refractivity contribution in [2.24, 2.45) is 0 Å². The molecule has 0 aliphatic carbocycles. The van der Waals surface area contributed by atoms with E-state index in [2.05, 4.69) is 10.4 Å². The summed E-state index contributed by atoms with van der Waals surface area (Å²) in [5.41, 5.74) is 2.41. The molecule has 1 amide bonds. The summed E-state index contributed by atoms with van der Waals surface area (Å²) in [5, 5.41) is 10.2. The number of rotatable bonds is 7. The molecule has 0 saturated carbocycles. The number of thiophene rings is 1. The Hall–Kier alpha value is -2.30. The maximum Gasteiger partial charge on any atom is 0.252 e. The second-order valence-electron chi connectivity index (χ2n) is 7.42. The monoisotopic (exact) mass is 448 g/mol. The van der Waals surface area contributed by atoms with Crippen molar-refractivity contribution >= 4 is 38.1 Å². The molecule has 0 radical (unpaired) electrons. The van der Waals surface area contributed by atoms with Crippen LogP contribution in [0.5, 0.6) is 0 Å². The van der Waals surface area contributed by atoms with Crippen LogP contribution in [0.25, 0.3) is 21.6 Å². The number of hydrogen-bond acceptors (Lipinski definition) is 7. The number of ether oxygens (including phenoxy) is 1. The highest BCUT2D eigenvalue weighted by Gasteiger charge is 2.32. The van der Waals surface area contributed by atoms with Crippen LogP contribution in [0, 0.1) is 6.92 Å². The summed E-state index contributed by atoms with van der Waals surface area (Å²) in [7, 11) is -1.45. The van der Waals surface area contributed by atoms with Gasteiger partial charge in [-0.15, -0.1) is 11.3 Å². The molecule has 0 spiro atoms. The molecule has 4 rings (SSSR count). The van der Waals surface area contributed by atoms with Gasteiger partial charge in [-0.05, 0) is 37.3 Å². The highest BCUT2D eigenvalue weighted by atomic mass is 32.2. The van der Waals surface area contributed by atoms with Crippen molar-refractivity contribution in [3.05, 3.63) is 34.8 Å². The number of sulfone groups is 1. The number of fused-ring (bicyclic) bond motifs is 1. The minimum atomic E-state index is -3.08. The summed E-state index contributed by atoms with van der Waals surface area (Å²) in [6.07, 6.45) is 1.22. The summed E-state index contributed by atoms with van der Waals surface area (Å²) >= 11 is 1.54. The molecular formula is C20H24N4O4S2. The number of carbonyl (C=O) groups is 1. The summed E-state index contributed by atoms with van der Waals surface area (Å²) in [5.74, 6) is 0.000336. The lowest BCUT2D eigenvalue weighted by atomic mass is 10.1. The topological polar surface area (TPSA) is 103 Å². The Morgan fingerprint density at radius 3 is 2.93 bits per heavy atom. The van der Waals surface area contributed by atoms with Gasteiger partial charge in [0.15, 0.2) is 15.5 Å². The van der Waals surface area contributed by atoms with Crippen LogP contribution < -0.4 is 5.32 Å². The number of hydrogen-bond donors (Lipinski definition) is 1. The summed E-state index contributed by atoms with van der Waals surface area (Å²) < 4.78 is 30.8. The van der Waals surface area contributed by atoms with Crippen LogP contribution in [0.15, 0.2) is 23.6 Å². The third kappa shape index (κ3) is 4.12. The number of aryl methyl sites for hydroxylation is 1. The first kappa shape index (κ1) is 21.0. The van der Waals surface area contributed by atoms with Crippen LogP contribution in [-0.2, 0) is 14.6 Å². The van der Waals surface area contributed by atoms with Crippen molar-refractivity contribution in [3.63, 3.8) is 0 Å². The van der Waals surface area contributed by atoms with Crippen molar-refractivity contribution in [2.45, 2.75) is 25.8 Å². The Balaban J connectivity index is 1.80. The predicted octanol–water partition coefficient (Wildman–Crippen LogP) is 2.59. The maximum atomic E-state index is 13.0. The normalized spacial score (nSPS) is 18.1. The highest BCUT2D eigenvalue weighted by molar-refractivity contribution is 7.91. The molecule has 1 saturated heterocycles. The van der Waals surface area contributed by atoms with E-state index in [1.165, 1.54) is 11.3 Å². The van der Waals surface area contributed by atoms with E-state index in [4.69, 9.17) is 9.72 Å². The van der Waals surface area contributed by atoms with Gasteiger partial charge in [0.1, 0.15) is 0 Å². The first-order chi connectivity index (χ1) is 14.4. The fourth-order valence-electron chi connectivity index (χ4n) is 3.78. The van der Waals surface area contributed by atoms with E-state index in [-0.39, 0.29) is 23.5 Å². The lowest BCUT2D eigenvalue weighted by Gasteiger charge is -2.12. The number of aromatic nitrogens is 3. The van der Waals surface area contributed by atoms with Crippen LogP contribution in [0.1, 0.15) is 34.9 Å². The second-order valence-corrected chi connectivity index (χ2v) is 10.6. The van der Waals surface area contributed by atoms with E-state index < -0.39 is 9.84 Å². The zero-order valence-corrected chi connectivity index (χ0v) is 18.6. The van der Waals surface area contributed by atoms with Gasteiger partial charge in [0.25, 0.3) is 5.91 Å². The standard InChI is InChI=1S/C20H24N4O4S2/c1-13-18-15(20(25)21-7-4-8-28-2)11-16(17-5-3-9-29-17)22-19(18)24(23-13)14-6-10-30(26,27)12-14/h3,5,9,11,14H,4,6-8,10,12H2,1-2H3,(H,21,25)/t14-/m1/s1. The Labute approximate surface area is 179 Å². The molecule has 0 bridgehead atoms. The number of nitrogens with one attached hydrogen (secondary N) is 1. The van der Waals surface area contributed by atoms with E-state index in [0.29, 0.717) is 54.0 Å². The van der Waals surface area contributed by atoms with Gasteiger partial charge in [-0.2, -0.15) is 5.10 Å². The van der Waals surface area contributed by atoms with E-state index in [0.717, 1.165) is 4.88 Å². The zero-order valence-electron chi connectivity index (χ0n) is 16.9. The van der Waals surface area contributed by atoms with E-state index >= 15 is 0 Å². The summed E-state index contributed by atoms with van der Waals surface area (Å²) in [6, 6.07) is 5.41. The van der Waals surface area contributed by atoms with Crippen molar-refractivity contribution in [3.8, 4) is 10.6 Å². The molecule has 1 aliphatic rings. The second kappa shape index (κ2) is 8.44. The molecule has 1 N–H and O–H groups in total. The van der Waals surface area contributed by atoms with Crippen molar-refractivity contribution in [1.29, 1.82) is 0 Å². The van der Waals surface area contributed by atoms with Crippen molar-refractivity contribution in [2.75, 3.05) is 31.8 Å². The Morgan fingerprint density at radius 2 is 2.27 bits per heavy atom. The van der Waals surface area contributed by atoms with Crippen LogP contribution in [0.3, 0.4) is 0 Å². The number of nitrogens with zero attached hydrogens (tertiary/aromatic N) is 3. The molecule has 1 fully saturated rings. The summed E-state index contributed by atoms with van der Waals surface area (Å²) in [6.45, 7) is 2.90. The van der Waals surface area contributed by atoms with Gasteiger partial charge in [-0.25, -0.2) is 18.1 Å². The lowest BCUT2D eigenvalue weighted by molar-refractivity contribution is 0.0950. The predicted molar refractivity (Wildman–Crippen MR) is 117 cm³/mol. The third-order valence-corrected chi connectivity index (χ3v) is 7.86. The van der Waals surface area contributed by atoms with Gasteiger partial charge >= 0.3 is 0 Å². The van der Waals surface area contributed by atoms with Crippen LogP contribution in [-0.4, -0.2) is 60.9 Å². The molecule has 1 aliphatic heterocycles. The first-order valence-corrected chi connectivity index (χ1v) is 12.5. The van der Waals surface area contributed by atoms with Gasteiger partial charge in [0, 0.05) is 20.3 Å². The van der Waals surface area contributed by atoms with Gasteiger partial charge in [-0.1, -0.05) is 6.07 Å². The smallest absolute Gasteiger partial charge is 0.252 e. The summed E-state index contributed by atoms with van der Waals surface area (Å²) in [4.78, 5) is 18.8. The SMILES string of the molecule is COCCCNC(=O)c1cc(-c2cccs2)nc2c1c(C)nn2[C@@H]1CCS(=O)(=O)C1. The molecule has 3 aromatic heterocycles. The molecule has 3 aromatic rings. The molecule has 0 unspecified atom stereocenters. The van der Waals surface area contributed by atoms with Crippen LogP contribution >= 0.6 is 11.3 Å². The minimum Gasteiger partial charge on any atom is -0.385 e. The van der Waals surface area contributed by atoms with Crippen LogP contribution in [0.4, 0.5) is 0 Å². The number of pyridine rings is 1. The quantitative estimate of drug-likeness (QED) is 0.557. The molecule has 160 valence electrons. The first-order valence-electron chi connectivity index (χ1n) is 9.81. The number of methoxy groups -OCH3 is 1. The molecule has 8 nitrogen and oxygen atoms in total. The third-order valence-electron chi connectivity index (χ3n) is 5.22. The fraction of sp³-hybridized carbons (Fsp3) is 0.450. The molecule has 30 heavy (non-hydrogen) atoms. The molecular weight excluding hydrogens is 424 g/mol. The van der Waals surface area contributed by atoms with E-state index in [9.17, 15) is 13.2 Å². The number of amides is 1. The number of carbonyl (C=O) groups excluding carboxylic acids is 1. The Kier molecular flexibility index (Phi) is 5.90.